The fraction of sp³-hybridized carbons (Fsp3) is 0.273. The largest absolute Gasteiger partial charge is 0.383 e. The van der Waals surface area contributed by atoms with E-state index in [0.29, 0.717) is 5.82 Å². The van der Waals surface area contributed by atoms with Crippen molar-refractivity contribution < 1.29 is 0 Å². The Morgan fingerprint density at radius 1 is 1.33 bits per heavy atom. The Bertz CT molecular complexity index is 473. The van der Waals surface area contributed by atoms with Gasteiger partial charge in [-0.1, -0.05) is 6.07 Å². The van der Waals surface area contributed by atoms with Crippen LogP contribution in [0.3, 0.4) is 0 Å². The van der Waals surface area contributed by atoms with Gasteiger partial charge in [-0.3, -0.25) is 0 Å². The zero-order valence-electron chi connectivity index (χ0n) is 8.94. The van der Waals surface area contributed by atoms with E-state index in [1.54, 1.807) is 6.20 Å². The minimum absolute atomic E-state index is 0.586. The molecule has 0 aliphatic heterocycles. The van der Waals surface area contributed by atoms with Crippen molar-refractivity contribution in [1.82, 2.24) is 14.5 Å². The van der Waals surface area contributed by atoms with Gasteiger partial charge in [-0.25, -0.2) is 9.97 Å². The first-order valence-electron chi connectivity index (χ1n) is 4.86. The summed E-state index contributed by atoms with van der Waals surface area (Å²) in [4.78, 5) is 8.30. The lowest BCUT2D eigenvalue weighted by Gasteiger charge is -2.07. The quantitative estimate of drug-likeness (QED) is 0.803. The number of imidazole rings is 1. The first-order chi connectivity index (χ1) is 7.18. The molecule has 2 N–H and O–H groups in total. The highest BCUT2D eigenvalue weighted by Crippen LogP contribution is 2.12. The van der Waals surface area contributed by atoms with Crippen molar-refractivity contribution in [3.05, 3.63) is 41.6 Å². The summed E-state index contributed by atoms with van der Waals surface area (Å²) in [5, 5.41) is 0. The van der Waals surface area contributed by atoms with Gasteiger partial charge in [0.15, 0.2) is 0 Å². The molecule has 4 heteroatoms. The van der Waals surface area contributed by atoms with Crippen LogP contribution in [0.1, 0.15) is 17.0 Å². The first kappa shape index (κ1) is 9.71. The number of nitrogens with two attached hydrogens (primary N) is 1. The van der Waals surface area contributed by atoms with Crippen molar-refractivity contribution in [3.8, 4) is 0 Å². The molecule has 0 atom stereocenters. The first-order valence-corrected chi connectivity index (χ1v) is 4.86. The summed E-state index contributed by atoms with van der Waals surface area (Å²) in [7, 11) is 0. The van der Waals surface area contributed by atoms with Gasteiger partial charge in [0.1, 0.15) is 5.82 Å². The number of rotatable bonds is 2. The van der Waals surface area contributed by atoms with E-state index in [1.807, 2.05) is 25.4 Å². The number of aryl methyl sites for hydroxylation is 1. The minimum atomic E-state index is 0.586. The van der Waals surface area contributed by atoms with Gasteiger partial charge in [-0.05, 0) is 19.9 Å². The topological polar surface area (TPSA) is 56.7 Å². The van der Waals surface area contributed by atoms with E-state index in [1.165, 1.54) is 5.69 Å². The van der Waals surface area contributed by atoms with Crippen molar-refractivity contribution in [2.24, 2.45) is 0 Å². The molecule has 0 bridgehead atoms. The van der Waals surface area contributed by atoms with E-state index in [2.05, 4.69) is 21.5 Å². The van der Waals surface area contributed by atoms with Crippen molar-refractivity contribution in [2.45, 2.75) is 20.4 Å². The lowest BCUT2D eigenvalue weighted by molar-refractivity contribution is 0.768. The van der Waals surface area contributed by atoms with Gasteiger partial charge in [-0.2, -0.15) is 0 Å². The molecule has 2 heterocycles. The SMILES string of the molecule is Cc1ncn(Cc2cccnc2N)c1C. The van der Waals surface area contributed by atoms with Gasteiger partial charge in [-0.15, -0.1) is 0 Å². The molecule has 2 aromatic rings. The predicted molar refractivity (Wildman–Crippen MR) is 59.5 cm³/mol. The molecular formula is C11H14N4. The van der Waals surface area contributed by atoms with E-state index in [0.717, 1.165) is 17.8 Å². The Hall–Kier alpha value is -1.84. The van der Waals surface area contributed by atoms with Crippen LogP contribution in [-0.2, 0) is 6.54 Å². The molecule has 0 amide bonds. The summed E-state index contributed by atoms with van der Waals surface area (Å²) >= 11 is 0. The van der Waals surface area contributed by atoms with Crippen molar-refractivity contribution >= 4 is 5.82 Å². The molecule has 0 saturated carbocycles. The van der Waals surface area contributed by atoms with Crippen LogP contribution in [0.4, 0.5) is 5.82 Å². The lowest BCUT2D eigenvalue weighted by atomic mass is 10.2. The van der Waals surface area contributed by atoms with Crippen molar-refractivity contribution in [3.63, 3.8) is 0 Å². The van der Waals surface area contributed by atoms with Gasteiger partial charge in [0, 0.05) is 17.5 Å². The fourth-order valence-electron chi connectivity index (χ4n) is 1.47. The normalized spacial score (nSPS) is 10.5. The van der Waals surface area contributed by atoms with Crippen molar-refractivity contribution in [2.75, 3.05) is 5.73 Å². The third kappa shape index (κ3) is 1.83. The maximum Gasteiger partial charge on any atom is 0.128 e. The molecule has 0 fully saturated rings. The van der Waals surface area contributed by atoms with Gasteiger partial charge in [0.25, 0.3) is 0 Å². The van der Waals surface area contributed by atoms with Crippen LogP contribution in [0.5, 0.6) is 0 Å². The van der Waals surface area contributed by atoms with Crippen LogP contribution < -0.4 is 5.73 Å². The second-order valence-corrected chi connectivity index (χ2v) is 3.59. The average molecular weight is 202 g/mol. The molecule has 0 aromatic carbocycles. The molecule has 4 nitrogen and oxygen atoms in total. The number of hydrogen-bond donors (Lipinski definition) is 1. The van der Waals surface area contributed by atoms with Crippen LogP contribution in [0, 0.1) is 13.8 Å². The van der Waals surface area contributed by atoms with E-state index < -0.39 is 0 Å². The van der Waals surface area contributed by atoms with Gasteiger partial charge >= 0.3 is 0 Å². The van der Waals surface area contributed by atoms with E-state index in [9.17, 15) is 0 Å². The maximum absolute atomic E-state index is 5.78. The second-order valence-electron chi connectivity index (χ2n) is 3.59. The van der Waals surface area contributed by atoms with Crippen LogP contribution in [-0.4, -0.2) is 14.5 Å². The van der Waals surface area contributed by atoms with Crippen LogP contribution >= 0.6 is 0 Å². The standard InChI is InChI=1S/C11H14N4/c1-8-9(2)15(7-14-8)6-10-4-3-5-13-11(10)12/h3-5,7H,6H2,1-2H3,(H2,12,13). The van der Waals surface area contributed by atoms with Gasteiger partial charge in [0.05, 0.1) is 18.6 Å². The second kappa shape index (κ2) is 3.73. The predicted octanol–water partition coefficient (Wildman–Crippen LogP) is 1.53. The van der Waals surface area contributed by atoms with Gasteiger partial charge < -0.3 is 10.3 Å². The lowest BCUT2D eigenvalue weighted by Crippen LogP contribution is -2.04. The monoisotopic (exact) mass is 202 g/mol. The van der Waals surface area contributed by atoms with E-state index in [4.69, 9.17) is 5.73 Å². The van der Waals surface area contributed by atoms with E-state index in [-0.39, 0.29) is 0 Å². The maximum atomic E-state index is 5.78. The number of aromatic nitrogens is 3. The molecule has 0 radical (unpaired) electrons. The zero-order valence-corrected chi connectivity index (χ0v) is 8.94. The Labute approximate surface area is 88.8 Å². The molecule has 0 aliphatic rings. The fourth-order valence-corrected chi connectivity index (χ4v) is 1.47. The molecule has 2 aromatic heterocycles. The average Bonchev–Trinajstić information content (AvgIpc) is 2.53. The molecule has 0 spiro atoms. The molecule has 78 valence electrons. The highest BCUT2D eigenvalue weighted by Gasteiger charge is 2.04. The van der Waals surface area contributed by atoms with Crippen LogP contribution in [0.2, 0.25) is 0 Å². The number of nitrogen functional groups attached to an aromatic ring is 1. The highest BCUT2D eigenvalue weighted by molar-refractivity contribution is 5.38. The summed E-state index contributed by atoms with van der Waals surface area (Å²) in [5.41, 5.74) is 9.02. The molecule has 0 aliphatic carbocycles. The van der Waals surface area contributed by atoms with Crippen LogP contribution in [0.15, 0.2) is 24.7 Å². The Morgan fingerprint density at radius 3 is 2.73 bits per heavy atom. The van der Waals surface area contributed by atoms with Crippen molar-refractivity contribution in [1.29, 1.82) is 0 Å². The van der Waals surface area contributed by atoms with E-state index >= 15 is 0 Å². The molecule has 15 heavy (non-hydrogen) atoms. The number of anilines is 1. The summed E-state index contributed by atoms with van der Waals surface area (Å²) in [5.74, 6) is 0.586. The highest BCUT2D eigenvalue weighted by atomic mass is 15.1. The molecule has 0 unspecified atom stereocenters. The number of nitrogens with zero attached hydrogens (tertiary/aromatic N) is 3. The Balaban J connectivity index is 2.30. The Kier molecular flexibility index (Phi) is 2.41. The minimum Gasteiger partial charge on any atom is -0.383 e. The van der Waals surface area contributed by atoms with Crippen LogP contribution in [0.25, 0.3) is 0 Å². The summed E-state index contributed by atoms with van der Waals surface area (Å²) in [6.45, 7) is 4.78. The zero-order chi connectivity index (χ0) is 10.8. The number of hydrogen-bond acceptors (Lipinski definition) is 3. The number of pyridine rings is 1. The summed E-state index contributed by atoms with van der Waals surface area (Å²) in [6.07, 6.45) is 3.53. The summed E-state index contributed by atoms with van der Waals surface area (Å²) < 4.78 is 2.07. The molecule has 2 rings (SSSR count). The summed E-state index contributed by atoms with van der Waals surface area (Å²) in [6, 6.07) is 3.88. The Morgan fingerprint density at radius 2 is 2.13 bits per heavy atom. The third-order valence-electron chi connectivity index (χ3n) is 2.61. The third-order valence-corrected chi connectivity index (χ3v) is 2.61. The molecular weight excluding hydrogens is 188 g/mol. The van der Waals surface area contributed by atoms with Gasteiger partial charge in [0.2, 0.25) is 0 Å². The smallest absolute Gasteiger partial charge is 0.128 e. The molecule has 0 saturated heterocycles.